The first-order valence-corrected chi connectivity index (χ1v) is 5.27. The Labute approximate surface area is 107 Å². The Bertz CT molecular complexity index is 323. The van der Waals surface area contributed by atoms with Gasteiger partial charge in [0.1, 0.15) is 0 Å². The van der Waals surface area contributed by atoms with Crippen molar-refractivity contribution >= 4 is 0 Å². The molecule has 0 nitrogen and oxygen atoms in total. The molecule has 0 N–H and O–H groups in total. The van der Waals surface area contributed by atoms with Crippen LogP contribution in [0.5, 0.6) is 0 Å². The number of allylic oxidation sites excluding steroid dienone is 8. The molecule has 0 aliphatic heterocycles. The largest absolute Gasteiger partial charge is 1.00 e. The minimum atomic E-state index is 0. The second kappa shape index (κ2) is 6.96. The molecule has 0 fully saturated rings. The van der Waals surface area contributed by atoms with Crippen molar-refractivity contribution in [3.8, 4) is 0 Å². The van der Waals surface area contributed by atoms with Gasteiger partial charge in [-0.05, 0) is 13.8 Å². The molecule has 0 heterocycles. The topological polar surface area (TPSA) is 0 Å². The van der Waals surface area contributed by atoms with E-state index in [2.05, 4.69) is 52.0 Å². The molecule has 1 heteroatoms. The van der Waals surface area contributed by atoms with Gasteiger partial charge in [0.15, 0.2) is 0 Å². The third-order valence-corrected chi connectivity index (χ3v) is 2.26. The summed E-state index contributed by atoms with van der Waals surface area (Å²) < 4.78 is 0. The minimum Gasteiger partial charge on any atom is -0.198 e. The molecule has 0 atom stereocenters. The Morgan fingerprint density at radius 3 is 2.60 bits per heavy atom. The first kappa shape index (κ1) is 14.6. The van der Waals surface area contributed by atoms with Gasteiger partial charge in [0.05, 0.1) is 0 Å². The Kier molecular flexibility index (Phi) is 6.76. The van der Waals surface area contributed by atoms with Crippen molar-refractivity contribution < 1.29 is 19.5 Å². The van der Waals surface area contributed by atoms with Crippen LogP contribution >= 0.6 is 0 Å². The van der Waals surface area contributed by atoms with E-state index in [4.69, 9.17) is 0 Å². The van der Waals surface area contributed by atoms with E-state index in [1.165, 1.54) is 22.3 Å². The summed E-state index contributed by atoms with van der Waals surface area (Å²) in [5.41, 5.74) is 5.39. The molecular weight excluding hydrogens is 269 g/mol. The summed E-state index contributed by atoms with van der Waals surface area (Å²) in [6, 6.07) is 0. The van der Waals surface area contributed by atoms with Crippen LogP contribution in [0.2, 0.25) is 0 Å². The first-order valence-electron chi connectivity index (χ1n) is 5.27. The summed E-state index contributed by atoms with van der Waals surface area (Å²) in [6.07, 6.45) is 12.2. The Balaban J connectivity index is 0.00000196. The van der Waals surface area contributed by atoms with Crippen molar-refractivity contribution in [2.45, 2.75) is 40.5 Å². The predicted molar refractivity (Wildman–Crippen MR) is 62.9 cm³/mol. The van der Waals surface area contributed by atoms with E-state index in [0.29, 0.717) is 0 Å². The van der Waals surface area contributed by atoms with E-state index in [-0.39, 0.29) is 19.5 Å². The molecule has 15 heavy (non-hydrogen) atoms. The second-order valence-corrected chi connectivity index (χ2v) is 3.99. The quantitative estimate of drug-likeness (QED) is 0.411. The summed E-state index contributed by atoms with van der Waals surface area (Å²) >= 11 is 0. The molecule has 0 bridgehead atoms. The molecule has 0 amide bonds. The molecule has 1 aliphatic carbocycles. The van der Waals surface area contributed by atoms with Gasteiger partial charge >= 0.3 is 19.5 Å². The van der Waals surface area contributed by atoms with Gasteiger partial charge in [0.2, 0.25) is 0 Å². The van der Waals surface area contributed by atoms with Gasteiger partial charge in [-0.3, -0.25) is 0 Å². The van der Waals surface area contributed by atoms with E-state index in [0.717, 1.165) is 12.8 Å². The molecule has 0 aromatic rings. The van der Waals surface area contributed by atoms with Crippen molar-refractivity contribution in [1.82, 2.24) is 0 Å². The fourth-order valence-electron chi connectivity index (χ4n) is 1.71. The van der Waals surface area contributed by atoms with Gasteiger partial charge in [-0.2, -0.15) is 23.3 Å². The third kappa shape index (κ3) is 4.75. The first-order chi connectivity index (χ1) is 6.63. The summed E-state index contributed by atoms with van der Waals surface area (Å²) in [5, 5.41) is 0. The van der Waals surface area contributed by atoms with Crippen molar-refractivity contribution in [1.29, 1.82) is 0 Å². The molecule has 1 aliphatic rings. The molecular formula is C14H19Ru. The van der Waals surface area contributed by atoms with E-state index in [9.17, 15) is 0 Å². The van der Waals surface area contributed by atoms with Crippen molar-refractivity contribution in [3.63, 3.8) is 0 Å². The number of hydrogen-bond acceptors (Lipinski definition) is 0. The maximum atomic E-state index is 3.38. The zero-order valence-electron chi connectivity index (χ0n) is 10.00. The van der Waals surface area contributed by atoms with Crippen LogP contribution in [-0.2, 0) is 19.5 Å². The van der Waals surface area contributed by atoms with Crippen LogP contribution in [0, 0.1) is 6.08 Å². The molecule has 0 aromatic heterocycles. The summed E-state index contributed by atoms with van der Waals surface area (Å²) in [6.45, 7) is 8.59. The normalized spacial score (nSPS) is 15.3. The molecule has 83 valence electrons. The van der Waals surface area contributed by atoms with Gasteiger partial charge in [-0.25, -0.2) is 0 Å². The molecule has 1 radical (unpaired) electrons. The van der Waals surface area contributed by atoms with Gasteiger partial charge < -0.3 is 0 Å². The van der Waals surface area contributed by atoms with Gasteiger partial charge in [0, 0.05) is 0 Å². The molecule has 0 aromatic carbocycles. The van der Waals surface area contributed by atoms with Crippen LogP contribution in [-0.4, -0.2) is 0 Å². The van der Waals surface area contributed by atoms with Crippen LogP contribution in [0.25, 0.3) is 0 Å². The Hall–Kier alpha value is -0.417. The van der Waals surface area contributed by atoms with E-state index < -0.39 is 0 Å². The molecule has 0 unspecified atom stereocenters. The summed E-state index contributed by atoms with van der Waals surface area (Å²) in [5.74, 6) is 0. The zero-order valence-corrected chi connectivity index (χ0v) is 11.7. The van der Waals surface area contributed by atoms with Crippen molar-refractivity contribution in [3.05, 3.63) is 46.6 Å². The average molecular weight is 288 g/mol. The third-order valence-electron chi connectivity index (χ3n) is 2.26. The van der Waals surface area contributed by atoms with E-state index >= 15 is 0 Å². The van der Waals surface area contributed by atoms with Gasteiger partial charge in [-0.1, -0.05) is 38.3 Å². The standard InChI is InChI=1S/C14H19.Ru/c1-5-13-7-6-8-14(13)10-12(4)9-11(2)3;/h7,9-10H,5-6H2,1-4H3;/q-1;+1/b12-10-;. The Morgan fingerprint density at radius 2 is 2.07 bits per heavy atom. The molecule has 1 rings (SSSR count). The van der Waals surface area contributed by atoms with Gasteiger partial charge in [0.25, 0.3) is 0 Å². The summed E-state index contributed by atoms with van der Waals surface area (Å²) in [4.78, 5) is 0. The van der Waals surface area contributed by atoms with Crippen LogP contribution < -0.4 is 0 Å². The van der Waals surface area contributed by atoms with E-state index in [1.54, 1.807) is 0 Å². The van der Waals surface area contributed by atoms with Crippen LogP contribution in [0.1, 0.15) is 40.5 Å². The fourth-order valence-corrected chi connectivity index (χ4v) is 1.71. The SMILES string of the molecule is CCC1=CC[C-]=C1/C=C(/C)C=C(C)C.[Ru+]. The summed E-state index contributed by atoms with van der Waals surface area (Å²) in [7, 11) is 0. The maximum absolute atomic E-state index is 3.38. The number of rotatable bonds is 3. The maximum Gasteiger partial charge on any atom is 1.00 e. The number of hydrogen-bond donors (Lipinski definition) is 0. The minimum absolute atomic E-state index is 0. The van der Waals surface area contributed by atoms with Crippen molar-refractivity contribution in [2.24, 2.45) is 0 Å². The zero-order chi connectivity index (χ0) is 10.6. The second-order valence-electron chi connectivity index (χ2n) is 3.99. The molecule has 0 saturated carbocycles. The van der Waals surface area contributed by atoms with Crippen molar-refractivity contribution in [2.75, 3.05) is 0 Å². The average Bonchev–Trinajstić information content (AvgIpc) is 2.50. The Morgan fingerprint density at radius 1 is 1.40 bits per heavy atom. The van der Waals surface area contributed by atoms with Gasteiger partial charge in [-0.15, -0.1) is 11.6 Å². The van der Waals surface area contributed by atoms with E-state index in [1.807, 2.05) is 0 Å². The smallest absolute Gasteiger partial charge is 0.198 e. The monoisotopic (exact) mass is 289 g/mol. The molecule has 0 spiro atoms. The van der Waals surface area contributed by atoms with Crippen LogP contribution in [0.4, 0.5) is 0 Å². The predicted octanol–water partition coefficient (Wildman–Crippen LogP) is 4.37. The van der Waals surface area contributed by atoms with Crippen LogP contribution in [0.3, 0.4) is 0 Å². The molecule has 0 saturated heterocycles. The fraction of sp³-hybridized carbons (Fsp3) is 0.429. The van der Waals surface area contributed by atoms with Crippen LogP contribution in [0.15, 0.2) is 40.5 Å².